The van der Waals surface area contributed by atoms with Gasteiger partial charge in [0.15, 0.2) is 0 Å². The molecule has 6 atom stereocenters. The van der Waals surface area contributed by atoms with E-state index in [0.717, 1.165) is 25.3 Å². The number of rotatable bonds is 7. The van der Waals surface area contributed by atoms with Crippen LogP contribution in [0.3, 0.4) is 0 Å². The second-order valence-corrected chi connectivity index (χ2v) is 17.6. The molecule has 2 bridgehead atoms. The van der Waals surface area contributed by atoms with Crippen molar-refractivity contribution in [2.45, 2.75) is 91.1 Å². The molecule has 0 unspecified atom stereocenters. The van der Waals surface area contributed by atoms with Gasteiger partial charge in [-0.05, 0) is 50.0 Å². The Morgan fingerprint density at radius 3 is 2.53 bits per heavy atom. The van der Waals surface area contributed by atoms with Crippen LogP contribution in [-0.4, -0.2) is 39.1 Å². The molecule has 0 aromatic rings. The van der Waals surface area contributed by atoms with Crippen molar-refractivity contribution >= 4 is 19.6 Å². The van der Waals surface area contributed by atoms with Crippen molar-refractivity contribution in [1.82, 2.24) is 0 Å². The normalized spacial score (nSPS) is 41.9. The lowest BCUT2D eigenvalue weighted by Crippen LogP contribution is -2.59. The van der Waals surface area contributed by atoms with E-state index >= 15 is 0 Å². The first-order valence-electron chi connectivity index (χ1n) is 11.8. The molecular weight excluding hydrogens is 392 g/mol. The fourth-order valence-corrected chi connectivity index (χ4v) is 7.16. The molecule has 0 amide bonds. The smallest absolute Gasteiger partial charge is 0.147 e. The van der Waals surface area contributed by atoms with Crippen molar-refractivity contribution in [2.24, 2.45) is 28.1 Å². The van der Waals surface area contributed by atoms with Crippen LogP contribution in [0, 0.1) is 28.1 Å². The van der Waals surface area contributed by atoms with Crippen LogP contribution in [0.4, 0.5) is 0 Å². The van der Waals surface area contributed by atoms with Gasteiger partial charge in [-0.25, -0.2) is 0 Å². The molecule has 3 aliphatic rings. The fourth-order valence-electron chi connectivity index (χ4n) is 6.40. The summed E-state index contributed by atoms with van der Waals surface area (Å²) in [5.74, 6) is 0.848. The van der Waals surface area contributed by atoms with Crippen molar-refractivity contribution in [3.8, 4) is 0 Å². The van der Waals surface area contributed by atoms with Crippen LogP contribution in [0.1, 0.15) is 59.3 Å². The van der Waals surface area contributed by atoms with Gasteiger partial charge in [0.1, 0.15) is 18.4 Å². The average Bonchev–Trinajstić information content (AvgIpc) is 2.99. The van der Waals surface area contributed by atoms with E-state index < -0.39 is 13.5 Å². The summed E-state index contributed by atoms with van der Waals surface area (Å²) >= 11 is 0. The van der Waals surface area contributed by atoms with E-state index in [1.54, 1.807) is 0 Å². The van der Waals surface area contributed by atoms with Crippen LogP contribution in [0.5, 0.6) is 0 Å². The van der Waals surface area contributed by atoms with Gasteiger partial charge in [-0.15, -0.1) is 6.58 Å². The summed E-state index contributed by atoms with van der Waals surface area (Å²) in [7, 11) is -1.16. The van der Waals surface area contributed by atoms with Crippen molar-refractivity contribution in [3.63, 3.8) is 0 Å². The lowest BCUT2D eigenvalue weighted by Gasteiger charge is -2.58. The zero-order chi connectivity index (χ0) is 22.4. The Morgan fingerprint density at radius 1 is 1.20 bits per heavy atom. The monoisotopic (exact) mass is 434 g/mol. The van der Waals surface area contributed by atoms with Crippen molar-refractivity contribution in [2.75, 3.05) is 13.4 Å². The highest BCUT2D eigenvalue weighted by atomic mass is 28.3. The number of allylic oxidation sites excluding steroid dienone is 1. The van der Waals surface area contributed by atoms with E-state index in [0.29, 0.717) is 37.6 Å². The van der Waals surface area contributed by atoms with Crippen LogP contribution in [-0.2, 0) is 19.1 Å². The quantitative estimate of drug-likeness (QED) is 0.225. The molecule has 0 aromatic heterocycles. The van der Waals surface area contributed by atoms with Gasteiger partial charge in [0, 0.05) is 44.3 Å². The first-order chi connectivity index (χ1) is 13.9. The van der Waals surface area contributed by atoms with Gasteiger partial charge in [-0.2, -0.15) is 0 Å². The second kappa shape index (κ2) is 8.29. The third kappa shape index (κ3) is 4.14. The van der Waals surface area contributed by atoms with E-state index in [2.05, 4.69) is 40.1 Å². The molecule has 0 aromatic carbocycles. The zero-order valence-corrected chi connectivity index (χ0v) is 21.0. The number of hydrogen-bond donors (Lipinski definition) is 0. The number of hydrogen-bond acceptors (Lipinski definition) is 4. The van der Waals surface area contributed by atoms with Crippen molar-refractivity contribution in [3.05, 3.63) is 12.7 Å². The van der Waals surface area contributed by atoms with E-state index in [1.807, 2.05) is 13.0 Å². The van der Waals surface area contributed by atoms with Gasteiger partial charge in [0.25, 0.3) is 0 Å². The Labute approximate surface area is 184 Å². The van der Waals surface area contributed by atoms with Crippen LogP contribution >= 0.6 is 0 Å². The molecule has 0 radical (unpaired) electrons. The van der Waals surface area contributed by atoms with Crippen molar-refractivity contribution < 1.29 is 19.1 Å². The molecule has 0 spiro atoms. The third-order valence-corrected chi connectivity index (χ3v) is 10.5. The van der Waals surface area contributed by atoms with E-state index in [1.165, 1.54) is 0 Å². The fraction of sp³-hybridized carbons (Fsp3) is 0.840. The molecule has 5 heteroatoms. The lowest BCUT2D eigenvalue weighted by molar-refractivity contribution is -0.198. The number of ketones is 2. The maximum atomic E-state index is 13.4. The molecule has 170 valence electrons. The third-order valence-electron chi connectivity index (χ3n) is 8.82. The molecule has 0 aliphatic heterocycles. The highest BCUT2D eigenvalue weighted by Gasteiger charge is 2.65. The topological polar surface area (TPSA) is 52.6 Å². The van der Waals surface area contributed by atoms with Crippen LogP contribution < -0.4 is 0 Å². The average molecular weight is 435 g/mol. The second-order valence-electron chi connectivity index (χ2n) is 12.0. The maximum Gasteiger partial charge on any atom is 0.147 e. The minimum Gasteiger partial charge on any atom is -0.356 e. The minimum atomic E-state index is -1.16. The summed E-state index contributed by atoms with van der Waals surface area (Å²) in [6, 6.07) is 1.10. The van der Waals surface area contributed by atoms with Gasteiger partial charge >= 0.3 is 0 Å². The SMILES string of the molecule is C=C[C@]1(C)C[C@@H](OCOCC[Si](C)(C)C)[C@@]2(C)[C@@H](C)CC[C@@]3(CCC(=O)[C@@H]32)CC1=O. The molecule has 3 fully saturated rings. The predicted molar refractivity (Wildman–Crippen MR) is 123 cm³/mol. The van der Waals surface area contributed by atoms with Gasteiger partial charge < -0.3 is 9.47 Å². The van der Waals surface area contributed by atoms with Crippen molar-refractivity contribution in [1.29, 1.82) is 0 Å². The van der Waals surface area contributed by atoms with Crippen LogP contribution in [0.25, 0.3) is 0 Å². The Bertz CT molecular complexity index is 698. The summed E-state index contributed by atoms with van der Waals surface area (Å²) in [6.45, 7) is 18.5. The Hall–Kier alpha value is -0.783. The lowest BCUT2D eigenvalue weighted by atomic mass is 9.46. The summed E-state index contributed by atoms with van der Waals surface area (Å²) in [6.07, 6.45) is 6.17. The molecule has 3 saturated carbocycles. The number of ether oxygens (including phenoxy) is 2. The van der Waals surface area contributed by atoms with E-state index in [-0.39, 0.29) is 35.4 Å². The highest BCUT2D eigenvalue weighted by Crippen LogP contribution is 2.65. The van der Waals surface area contributed by atoms with E-state index in [9.17, 15) is 9.59 Å². The summed E-state index contributed by atoms with van der Waals surface area (Å²) in [5.41, 5.74) is -1.09. The molecular formula is C25H42O4Si. The molecule has 0 heterocycles. The van der Waals surface area contributed by atoms with Gasteiger partial charge in [0.2, 0.25) is 0 Å². The first kappa shape index (κ1) is 23.9. The molecule has 0 N–H and O–H groups in total. The van der Waals surface area contributed by atoms with Crippen LogP contribution in [0.15, 0.2) is 12.7 Å². The molecule has 4 nitrogen and oxygen atoms in total. The Kier molecular flexibility index (Phi) is 6.60. The Balaban J connectivity index is 1.90. The molecule has 0 saturated heterocycles. The first-order valence-corrected chi connectivity index (χ1v) is 15.5. The maximum absolute atomic E-state index is 13.4. The number of carbonyl (C=O) groups is 2. The van der Waals surface area contributed by atoms with Gasteiger partial charge in [-0.3, -0.25) is 9.59 Å². The van der Waals surface area contributed by atoms with E-state index in [4.69, 9.17) is 9.47 Å². The van der Waals surface area contributed by atoms with Gasteiger partial charge in [-0.1, -0.05) is 39.6 Å². The molecule has 3 aliphatic carbocycles. The minimum absolute atomic E-state index is 0.0842. The summed E-state index contributed by atoms with van der Waals surface area (Å²) < 4.78 is 12.3. The highest BCUT2D eigenvalue weighted by molar-refractivity contribution is 6.76. The number of Topliss-reactive ketones (excluding diaryl/α,β-unsaturated/α-hetero) is 2. The summed E-state index contributed by atoms with van der Waals surface area (Å²) in [5, 5.41) is 0. The van der Waals surface area contributed by atoms with Gasteiger partial charge in [0.05, 0.1) is 6.10 Å². The summed E-state index contributed by atoms with van der Waals surface area (Å²) in [4.78, 5) is 26.6. The zero-order valence-electron chi connectivity index (χ0n) is 20.0. The standard InChI is InChI=1S/C25H42O4Si/c1-8-23(3)16-21(29-17-28-13-14-30(5,6)7)24(4)18(2)9-11-25(15-20(23)27)12-10-19(26)22(24)25/h8,18,21-22H,1,9-17H2,2-7H3/t18-,21+,22+,23+,24+,25+/m0/s1. The molecule has 30 heavy (non-hydrogen) atoms. The number of carbonyl (C=O) groups excluding carboxylic acids is 2. The molecule has 3 rings (SSSR count). The van der Waals surface area contributed by atoms with Crippen LogP contribution in [0.2, 0.25) is 25.7 Å². The Morgan fingerprint density at radius 2 is 1.90 bits per heavy atom. The predicted octanol–water partition coefficient (Wildman–Crippen LogP) is 5.64. The largest absolute Gasteiger partial charge is 0.356 e.